The second kappa shape index (κ2) is 23.2. The second-order valence-electron chi connectivity index (χ2n) is 16.2. The van der Waals surface area contributed by atoms with Crippen molar-refractivity contribution >= 4 is 17.7 Å². The Morgan fingerprint density at radius 1 is 0.369 bits per heavy atom. The van der Waals surface area contributed by atoms with Crippen LogP contribution >= 0.6 is 0 Å². The third-order valence-electron chi connectivity index (χ3n) is 11.5. The van der Waals surface area contributed by atoms with Crippen LogP contribution in [-0.2, 0) is 57.0 Å². The highest BCUT2D eigenvalue weighted by atomic mass is 16.8. The first kappa shape index (κ1) is 53.4. The highest BCUT2D eigenvalue weighted by Crippen LogP contribution is 2.37. The Balaban J connectivity index is 1.57. The molecule has 25 atom stereocenters. The summed E-state index contributed by atoms with van der Waals surface area (Å²) in [6.07, 6.45) is -41.5. The van der Waals surface area contributed by atoms with Gasteiger partial charge in [-0.3, -0.25) is 14.4 Å². The first-order valence-electron chi connectivity index (χ1n) is 20.6. The number of ether oxygens (including phenoxy) is 9. The lowest BCUT2D eigenvalue weighted by atomic mass is 9.94. The number of hydrogen-bond acceptors (Lipinski definition) is 26. The smallest absolute Gasteiger partial charge is 0.217 e. The molecular weight excluding hydrogens is 890 g/mol. The molecule has 0 aromatic rings. The van der Waals surface area contributed by atoms with Crippen molar-refractivity contribution in [2.45, 2.75) is 174 Å². The number of rotatable bonds is 16. The molecule has 65 heavy (non-hydrogen) atoms. The number of nitrogens with one attached hydrogen (secondary N) is 3. The van der Waals surface area contributed by atoms with E-state index in [0.717, 1.165) is 20.8 Å². The number of aliphatic hydroxyl groups is 14. The van der Waals surface area contributed by atoms with Gasteiger partial charge < -0.3 is 130 Å². The van der Waals surface area contributed by atoms with Gasteiger partial charge in [-0.25, -0.2) is 0 Å². The molecule has 0 radical (unpaired) electrons. The average Bonchev–Trinajstić information content (AvgIpc) is 3.26. The summed E-state index contributed by atoms with van der Waals surface area (Å²) in [4.78, 5) is 36.7. The zero-order valence-electron chi connectivity index (χ0n) is 35.1. The second-order valence-corrected chi connectivity index (χ2v) is 16.2. The van der Waals surface area contributed by atoms with E-state index in [-0.39, 0.29) is 0 Å². The van der Waals surface area contributed by atoms with E-state index in [1.54, 1.807) is 0 Å². The zero-order chi connectivity index (χ0) is 48.2. The molecule has 376 valence electrons. The van der Waals surface area contributed by atoms with Crippen LogP contribution in [0.1, 0.15) is 20.8 Å². The van der Waals surface area contributed by atoms with Crippen LogP contribution in [0.5, 0.6) is 0 Å². The molecule has 5 saturated heterocycles. The maximum Gasteiger partial charge on any atom is 0.217 e. The van der Waals surface area contributed by atoms with Crippen molar-refractivity contribution < 1.29 is 129 Å². The molecule has 5 heterocycles. The fourth-order valence-corrected chi connectivity index (χ4v) is 8.22. The van der Waals surface area contributed by atoms with E-state index in [0.29, 0.717) is 0 Å². The van der Waals surface area contributed by atoms with Crippen LogP contribution < -0.4 is 16.0 Å². The van der Waals surface area contributed by atoms with E-state index in [1.807, 2.05) is 0 Å². The van der Waals surface area contributed by atoms with E-state index in [2.05, 4.69) is 16.0 Å². The molecule has 1 unspecified atom stereocenters. The molecule has 29 heteroatoms. The first-order valence-corrected chi connectivity index (χ1v) is 20.6. The molecule has 5 fully saturated rings. The summed E-state index contributed by atoms with van der Waals surface area (Å²) in [6, 6.07) is -4.92. The predicted molar refractivity (Wildman–Crippen MR) is 201 cm³/mol. The fourth-order valence-electron chi connectivity index (χ4n) is 8.22. The molecule has 29 nitrogen and oxygen atoms in total. The van der Waals surface area contributed by atoms with Gasteiger partial charge in [0, 0.05) is 20.8 Å². The monoisotopic (exact) mass is 951 g/mol. The molecule has 0 bridgehead atoms. The largest absolute Gasteiger partial charge is 0.394 e. The number of carbonyl (C=O) groups is 3. The van der Waals surface area contributed by atoms with Crippen molar-refractivity contribution in [3.63, 3.8) is 0 Å². The summed E-state index contributed by atoms with van der Waals surface area (Å²) in [5.41, 5.74) is 0. The topological polar surface area (TPSA) is 454 Å². The first-order chi connectivity index (χ1) is 30.7. The normalized spacial score (nSPS) is 47.1. The van der Waals surface area contributed by atoms with Crippen molar-refractivity contribution in [2.24, 2.45) is 0 Å². The maximum absolute atomic E-state index is 12.3. The molecule has 3 amide bonds. The van der Waals surface area contributed by atoms with E-state index >= 15 is 0 Å². The van der Waals surface area contributed by atoms with Gasteiger partial charge in [0.2, 0.25) is 17.7 Å². The van der Waals surface area contributed by atoms with Gasteiger partial charge >= 0.3 is 0 Å². The summed E-state index contributed by atoms with van der Waals surface area (Å²) in [7, 11) is 0. The van der Waals surface area contributed by atoms with Gasteiger partial charge in [0.05, 0.1) is 33.0 Å². The van der Waals surface area contributed by atoms with E-state index in [4.69, 9.17) is 42.6 Å². The highest BCUT2D eigenvalue weighted by molar-refractivity contribution is 5.74. The van der Waals surface area contributed by atoms with Crippen LogP contribution in [0.3, 0.4) is 0 Å². The Morgan fingerprint density at radius 2 is 0.677 bits per heavy atom. The summed E-state index contributed by atoms with van der Waals surface area (Å²) in [5, 5.41) is 157. The predicted octanol–water partition coefficient (Wildman–Crippen LogP) is -11.5. The summed E-state index contributed by atoms with van der Waals surface area (Å²) in [5.74, 6) is -2.32. The third kappa shape index (κ3) is 11.9. The van der Waals surface area contributed by atoms with Crippen molar-refractivity contribution in [2.75, 3.05) is 33.0 Å². The summed E-state index contributed by atoms with van der Waals surface area (Å²) < 4.78 is 52.7. The summed E-state index contributed by atoms with van der Waals surface area (Å²) >= 11 is 0. The van der Waals surface area contributed by atoms with Gasteiger partial charge in [0.25, 0.3) is 0 Å². The van der Waals surface area contributed by atoms with Crippen LogP contribution in [0.2, 0.25) is 0 Å². The van der Waals surface area contributed by atoms with Crippen LogP contribution in [0.15, 0.2) is 0 Å². The Morgan fingerprint density at radius 3 is 1.03 bits per heavy atom. The lowest BCUT2D eigenvalue weighted by Crippen LogP contribution is -2.71. The Kier molecular flexibility index (Phi) is 19.1. The minimum atomic E-state index is -2.22. The van der Waals surface area contributed by atoms with Gasteiger partial charge in [-0.15, -0.1) is 0 Å². The molecule has 0 aliphatic carbocycles. The Hall–Kier alpha value is -2.51. The van der Waals surface area contributed by atoms with Gasteiger partial charge in [0.15, 0.2) is 31.5 Å². The highest BCUT2D eigenvalue weighted by Gasteiger charge is 2.58. The third-order valence-corrected chi connectivity index (χ3v) is 11.5. The van der Waals surface area contributed by atoms with Gasteiger partial charge in [0.1, 0.15) is 122 Å². The minimum absolute atomic E-state index is 0.762. The van der Waals surface area contributed by atoms with Crippen molar-refractivity contribution in [1.29, 1.82) is 0 Å². The van der Waals surface area contributed by atoms with Crippen molar-refractivity contribution in [3.05, 3.63) is 0 Å². The Labute approximate surface area is 369 Å². The van der Waals surface area contributed by atoms with Crippen LogP contribution in [-0.4, -0.2) is 276 Å². The van der Waals surface area contributed by atoms with Crippen LogP contribution in [0.25, 0.3) is 0 Å². The number of carbonyl (C=O) groups excluding carboxylic acids is 3. The minimum Gasteiger partial charge on any atom is -0.394 e. The van der Waals surface area contributed by atoms with Crippen molar-refractivity contribution in [1.82, 2.24) is 16.0 Å². The van der Waals surface area contributed by atoms with Crippen LogP contribution in [0.4, 0.5) is 0 Å². The number of amides is 3. The number of aliphatic hydroxyl groups excluding tert-OH is 14. The van der Waals surface area contributed by atoms with E-state index in [1.165, 1.54) is 0 Å². The van der Waals surface area contributed by atoms with E-state index in [9.17, 15) is 85.9 Å². The number of hydrogen-bond donors (Lipinski definition) is 17. The molecule has 5 aliphatic heterocycles. The van der Waals surface area contributed by atoms with Gasteiger partial charge in [-0.2, -0.15) is 0 Å². The molecule has 0 aromatic carbocycles. The molecule has 17 N–H and O–H groups in total. The molecule has 0 aromatic heterocycles. The molecule has 0 saturated carbocycles. The lowest BCUT2D eigenvalue weighted by Gasteiger charge is -2.51. The molecule has 5 rings (SSSR count). The molecular formula is C36H61N3O26. The zero-order valence-corrected chi connectivity index (χ0v) is 35.1. The fraction of sp³-hybridized carbons (Fsp3) is 0.917. The average molecular weight is 952 g/mol. The quantitative estimate of drug-likeness (QED) is 0.0683. The summed E-state index contributed by atoms with van der Waals surface area (Å²) in [6.45, 7) is -1.67. The molecule has 5 aliphatic rings. The van der Waals surface area contributed by atoms with Gasteiger partial charge in [-0.1, -0.05) is 0 Å². The van der Waals surface area contributed by atoms with Crippen LogP contribution in [0, 0.1) is 0 Å². The Bertz CT molecular complexity index is 1560. The maximum atomic E-state index is 12.3. The molecule has 0 spiro atoms. The standard InChI is InChI=1S/C36H61N3O26/c1-9(45)37-17-23(51)20(48)12(4-40)58-33(17)62-28-15(7-43)61-36(31(26(28)54)65-35-19(39-11(3)47)25(53)22(50)14(6-42)60-35)64-30-27(55)32(56)57-16(8-44)29(30)63-34-18(38-10(2)46)24(52)21(49)13(5-41)59-34/h12-36,40-44,48-56H,4-8H2,1-3H3,(H,37,45)(H,38,46)(H,39,47)/t12-,13-,14-,15-,16-,17-,18-,19-,20-,21-,22-,23-,24-,25-,26+,27+,28-,29-,30-,31+,32?,33+,34+,35+,36-/m1/s1. The van der Waals surface area contributed by atoms with E-state index < -0.39 is 204 Å². The van der Waals surface area contributed by atoms with Crippen molar-refractivity contribution in [3.8, 4) is 0 Å². The SMILES string of the molecule is CC(=O)N[C@H]1[C@H](O[C@@H]2[C@@H](O[C@H]3[C@H](O[C@@H]4O[C@H](CO)[C@@H](O)[C@H](O)[C@H]4NC(C)=O)[C@@H](CO)OC(O)[C@H]3O)O[C@H](CO)[C@@H](O[C@@H]3O[C@H](CO)[C@@H](O)[C@H](O)[C@H]3NC(C)=O)[C@@H]2O)O[C@H](CO)[C@@H](O)[C@@H]1O. The van der Waals surface area contributed by atoms with Gasteiger partial charge in [-0.05, 0) is 0 Å². The lowest BCUT2D eigenvalue weighted by molar-refractivity contribution is -0.401.